The Morgan fingerprint density at radius 1 is 1.24 bits per heavy atom. The molecule has 1 unspecified atom stereocenters. The van der Waals surface area contributed by atoms with Crippen molar-refractivity contribution in [1.82, 2.24) is 10.6 Å². The van der Waals surface area contributed by atoms with Gasteiger partial charge in [-0.1, -0.05) is 13.0 Å². The normalized spacial score (nSPS) is 11.8. The number of amides is 2. The lowest BCUT2D eigenvalue weighted by Gasteiger charge is -2.12. The fourth-order valence-corrected chi connectivity index (χ4v) is 1.95. The van der Waals surface area contributed by atoms with E-state index in [4.69, 9.17) is 5.73 Å². The van der Waals surface area contributed by atoms with Crippen LogP contribution in [0.4, 0.5) is 5.69 Å². The number of hydrogen-bond donors (Lipinski definition) is 3. The minimum Gasteiger partial charge on any atom is -0.398 e. The number of anilines is 1. The van der Waals surface area contributed by atoms with Crippen LogP contribution in [-0.4, -0.2) is 24.4 Å². The van der Waals surface area contributed by atoms with Crippen LogP contribution in [0.1, 0.15) is 48.2 Å². The first kappa shape index (κ1) is 17.0. The van der Waals surface area contributed by atoms with Crippen LogP contribution in [0.3, 0.4) is 0 Å². The van der Waals surface area contributed by atoms with Gasteiger partial charge < -0.3 is 16.4 Å². The number of nitrogens with one attached hydrogen (secondary N) is 2. The van der Waals surface area contributed by atoms with Gasteiger partial charge in [0.15, 0.2) is 0 Å². The molecule has 0 fully saturated rings. The first-order valence-electron chi connectivity index (χ1n) is 7.29. The van der Waals surface area contributed by atoms with Crippen molar-refractivity contribution in [3.8, 4) is 0 Å². The molecule has 0 saturated heterocycles. The maximum Gasteiger partial charge on any atom is 0.251 e. The van der Waals surface area contributed by atoms with Gasteiger partial charge in [-0.25, -0.2) is 0 Å². The van der Waals surface area contributed by atoms with Crippen LogP contribution in [0.2, 0.25) is 0 Å². The van der Waals surface area contributed by atoms with Crippen LogP contribution in [0.15, 0.2) is 12.1 Å². The maximum absolute atomic E-state index is 12.1. The molecular formula is C16H25N3O2. The summed E-state index contributed by atoms with van der Waals surface area (Å²) in [5, 5.41) is 5.61. The molecule has 0 aliphatic heterocycles. The van der Waals surface area contributed by atoms with Crippen LogP contribution in [0.25, 0.3) is 0 Å². The van der Waals surface area contributed by atoms with Gasteiger partial charge in [-0.2, -0.15) is 0 Å². The van der Waals surface area contributed by atoms with E-state index in [1.165, 1.54) is 0 Å². The Balaban J connectivity index is 2.51. The van der Waals surface area contributed by atoms with Crippen LogP contribution in [0, 0.1) is 13.8 Å². The highest BCUT2D eigenvalue weighted by Crippen LogP contribution is 2.17. The van der Waals surface area contributed by atoms with Crippen molar-refractivity contribution in [2.24, 2.45) is 0 Å². The second-order valence-corrected chi connectivity index (χ2v) is 5.41. The van der Waals surface area contributed by atoms with Crippen LogP contribution in [-0.2, 0) is 4.79 Å². The topological polar surface area (TPSA) is 84.2 Å². The van der Waals surface area contributed by atoms with E-state index in [0.29, 0.717) is 17.8 Å². The molecule has 116 valence electrons. The number of nitrogens with two attached hydrogens (primary N) is 1. The Kier molecular flexibility index (Phi) is 6.21. The summed E-state index contributed by atoms with van der Waals surface area (Å²) in [6.45, 7) is 8.06. The predicted molar refractivity (Wildman–Crippen MR) is 85.2 cm³/mol. The Morgan fingerprint density at radius 2 is 1.90 bits per heavy atom. The van der Waals surface area contributed by atoms with Crippen molar-refractivity contribution in [1.29, 1.82) is 0 Å². The third kappa shape index (κ3) is 5.10. The minimum absolute atomic E-state index is 0.0511. The number of nitrogen functional groups attached to an aromatic ring is 1. The van der Waals surface area contributed by atoms with Gasteiger partial charge in [0.1, 0.15) is 0 Å². The standard InChI is InChI=1S/C16H25N3O2/c1-5-12(4)19-15(20)6-7-18-16(21)13-9-14(17)11(3)8-10(13)2/h8-9,12H,5-7,17H2,1-4H3,(H,18,21)(H,19,20). The van der Waals surface area contributed by atoms with Crippen LogP contribution >= 0.6 is 0 Å². The van der Waals surface area contributed by atoms with Crippen molar-refractivity contribution in [2.45, 2.75) is 46.6 Å². The third-order valence-corrected chi connectivity index (χ3v) is 3.52. The lowest BCUT2D eigenvalue weighted by molar-refractivity contribution is -0.121. The molecule has 0 spiro atoms. The zero-order valence-corrected chi connectivity index (χ0v) is 13.2. The Bertz CT molecular complexity index is 526. The van der Waals surface area contributed by atoms with E-state index in [-0.39, 0.29) is 24.3 Å². The smallest absolute Gasteiger partial charge is 0.251 e. The molecule has 0 bridgehead atoms. The van der Waals surface area contributed by atoms with E-state index in [0.717, 1.165) is 17.5 Å². The molecule has 4 N–H and O–H groups in total. The van der Waals surface area contributed by atoms with E-state index in [2.05, 4.69) is 10.6 Å². The van der Waals surface area contributed by atoms with Gasteiger partial charge in [-0.15, -0.1) is 0 Å². The molecule has 21 heavy (non-hydrogen) atoms. The second kappa shape index (κ2) is 7.67. The molecule has 0 saturated carbocycles. The number of carbonyl (C=O) groups is 2. The van der Waals surface area contributed by atoms with Gasteiger partial charge in [-0.05, 0) is 44.4 Å². The first-order valence-corrected chi connectivity index (χ1v) is 7.29. The molecule has 0 aromatic heterocycles. The van der Waals surface area contributed by atoms with E-state index >= 15 is 0 Å². The highest BCUT2D eigenvalue weighted by molar-refractivity contribution is 5.96. The fraction of sp³-hybridized carbons (Fsp3) is 0.500. The SMILES string of the molecule is CCC(C)NC(=O)CCNC(=O)c1cc(N)c(C)cc1C. The molecular weight excluding hydrogens is 266 g/mol. The van der Waals surface area contributed by atoms with Gasteiger partial charge in [0, 0.05) is 30.3 Å². The summed E-state index contributed by atoms with van der Waals surface area (Å²) in [6.07, 6.45) is 1.16. The van der Waals surface area contributed by atoms with Crippen LogP contribution in [0.5, 0.6) is 0 Å². The molecule has 0 aliphatic rings. The summed E-state index contributed by atoms with van der Waals surface area (Å²) >= 11 is 0. The summed E-state index contributed by atoms with van der Waals surface area (Å²) in [5.74, 6) is -0.250. The zero-order chi connectivity index (χ0) is 16.0. The lowest BCUT2D eigenvalue weighted by atomic mass is 10.0. The average Bonchev–Trinajstić information content (AvgIpc) is 2.42. The number of hydrogen-bond acceptors (Lipinski definition) is 3. The Morgan fingerprint density at radius 3 is 2.52 bits per heavy atom. The molecule has 0 heterocycles. The van der Waals surface area contributed by atoms with Gasteiger partial charge in [0.2, 0.25) is 5.91 Å². The molecule has 5 heteroatoms. The van der Waals surface area contributed by atoms with E-state index < -0.39 is 0 Å². The van der Waals surface area contributed by atoms with Gasteiger partial charge in [0.25, 0.3) is 5.91 Å². The highest BCUT2D eigenvalue weighted by Gasteiger charge is 2.11. The van der Waals surface area contributed by atoms with Gasteiger partial charge >= 0.3 is 0 Å². The summed E-state index contributed by atoms with van der Waals surface area (Å²) < 4.78 is 0. The lowest BCUT2D eigenvalue weighted by Crippen LogP contribution is -2.35. The number of benzene rings is 1. The number of carbonyl (C=O) groups excluding carboxylic acids is 2. The number of rotatable bonds is 6. The monoisotopic (exact) mass is 291 g/mol. The number of aryl methyl sites for hydroxylation is 2. The molecule has 5 nitrogen and oxygen atoms in total. The van der Waals surface area contributed by atoms with E-state index in [9.17, 15) is 9.59 Å². The van der Waals surface area contributed by atoms with Crippen molar-refractivity contribution in [2.75, 3.05) is 12.3 Å². The predicted octanol–water partition coefficient (Wildman–Crippen LogP) is 1.92. The van der Waals surface area contributed by atoms with Gasteiger partial charge in [0.05, 0.1) is 0 Å². The first-order chi connectivity index (χ1) is 9.85. The quantitative estimate of drug-likeness (QED) is 0.700. The van der Waals surface area contributed by atoms with E-state index in [1.807, 2.05) is 33.8 Å². The molecule has 1 aromatic rings. The average molecular weight is 291 g/mol. The largest absolute Gasteiger partial charge is 0.398 e. The van der Waals surface area contributed by atoms with Crippen LogP contribution < -0.4 is 16.4 Å². The maximum atomic E-state index is 12.1. The van der Waals surface area contributed by atoms with Crippen molar-refractivity contribution in [3.05, 3.63) is 28.8 Å². The zero-order valence-electron chi connectivity index (χ0n) is 13.2. The summed E-state index contributed by atoms with van der Waals surface area (Å²) in [7, 11) is 0. The summed E-state index contributed by atoms with van der Waals surface area (Å²) in [5.41, 5.74) is 8.82. The third-order valence-electron chi connectivity index (χ3n) is 3.52. The minimum atomic E-state index is -0.199. The molecule has 1 aromatic carbocycles. The summed E-state index contributed by atoms with van der Waals surface area (Å²) in [6, 6.07) is 3.73. The Hall–Kier alpha value is -2.04. The molecule has 1 atom stereocenters. The second-order valence-electron chi connectivity index (χ2n) is 5.41. The molecule has 1 rings (SSSR count). The van der Waals surface area contributed by atoms with E-state index in [1.54, 1.807) is 6.07 Å². The molecule has 0 aliphatic carbocycles. The summed E-state index contributed by atoms with van der Waals surface area (Å²) in [4.78, 5) is 23.7. The van der Waals surface area contributed by atoms with Crippen molar-refractivity contribution < 1.29 is 9.59 Å². The van der Waals surface area contributed by atoms with Gasteiger partial charge in [-0.3, -0.25) is 9.59 Å². The Labute approximate surface area is 126 Å². The van der Waals surface area contributed by atoms with Crippen molar-refractivity contribution in [3.63, 3.8) is 0 Å². The fourth-order valence-electron chi connectivity index (χ4n) is 1.95. The van der Waals surface area contributed by atoms with Crippen molar-refractivity contribution >= 4 is 17.5 Å². The molecule has 0 radical (unpaired) electrons. The highest BCUT2D eigenvalue weighted by atomic mass is 16.2. The molecule has 2 amide bonds.